The number of aromatic nitrogens is 5. The van der Waals surface area contributed by atoms with E-state index in [2.05, 4.69) is 44.3 Å². The van der Waals surface area contributed by atoms with Crippen LogP contribution in [0, 0.1) is 82.1 Å². The van der Waals surface area contributed by atoms with Gasteiger partial charge < -0.3 is 73.7 Å². The molecule has 22 rings (SSSR count). The number of halogens is 8. The van der Waals surface area contributed by atoms with Crippen LogP contribution in [0.4, 0.5) is 70.8 Å². The highest BCUT2D eigenvalue weighted by Crippen LogP contribution is 2.57. The highest BCUT2D eigenvalue weighted by Gasteiger charge is 2.57. The second kappa shape index (κ2) is 40.0. The molecule has 6 saturated heterocycles. The second-order valence-corrected chi connectivity index (χ2v) is 41.0. The number of likely N-dealkylation sites (tertiary alicyclic amines) is 1. The van der Waals surface area contributed by atoms with Gasteiger partial charge in [0, 0.05) is 181 Å². The number of imide groups is 1. The number of amides is 2. The molecular formula is C105H115ClF7N15O15. The van der Waals surface area contributed by atoms with E-state index in [9.17, 15) is 89.7 Å². The highest BCUT2D eigenvalue weighted by molar-refractivity contribution is 6.38. The fourth-order valence-electron chi connectivity index (χ4n) is 21.8. The van der Waals surface area contributed by atoms with Crippen molar-refractivity contribution in [2.75, 3.05) is 129 Å². The molecule has 0 spiro atoms. The number of hydrogen-bond donors (Lipinski definition) is 5. The summed E-state index contributed by atoms with van der Waals surface area (Å²) in [6, 6.07) is 13.9. The topological polar surface area (TPSA) is 360 Å². The molecule has 0 radical (unpaired) electrons. The number of nitrogens with one attached hydrogen (secondary N) is 2. The number of fused-ring (bicyclic) bond motifs is 8. The van der Waals surface area contributed by atoms with Crippen LogP contribution < -0.4 is 72.2 Å². The maximum Gasteiger partial charge on any atom is 0.341 e. The number of ether oxygens (including phenoxy) is 1. The lowest BCUT2D eigenvalue weighted by Crippen LogP contribution is -2.44. The van der Waals surface area contributed by atoms with Gasteiger partial charge in [-0.1, -0.05) is 45.7 Å². The Bertz CT molecular complexity index is 7160. The number of Topliss-reactive ketones (excluding diaryl/α,β-unsaturated/α-hetero) is 4. The van der Waals surface area contributed by atoms with Gasteiger partial charge in [-0.25, -0.2) is 40.5 Å². The van der Waals surface area contributed by atoms with Crippen LogP contribution in [0.5, 0.6) is 5.75 Å². The average molecular weight is 2000 g/mol. The van der Waals surface area contributed by atoms with Gasteiger partial charge in [0.2, 0.25) is 17.2 Å². The first-order valence-corrected chi connectivity index (χ1v) is 49.6. The molecule has 5 aromatic heterocycles. The SMILES string of the molecule is CC(=O)c1cn(C2CC2)c2c(Cl)c(N3CCC(N)C3)c(F)cc2c1=O.CC(=O)c1cn(C2CC2)c2cc(N3CCNCC3)c(F)cc2c1=O.CC(C)C(=O)NC(=O)C(C)CC1[C@H]2CN(c3nc4c(cc3F)C(=O)C(C(=O)O)CN4c3ccc(F)cc3F)C[C@@H]12.CCC1CCCN(c2c(F)cc3c(=O)c(C(C)=O)cn(C4CC4)c3c2OC)C1.CN1C[C@H]2C[C@@H]1CN2c1cc2c(cc1F)c(=O)c(C(=O)O)cn2C1CC1. The first-order valence-electron chi connectivity index (χ1n) is 49.2. The van der Waals surface area contributed by atoms with E-state index < -0.39 is 87.2 Å². The van der Waals surface area contributed by atoms with Gasteiger partial charge in [0.1, 0.15) is 52.1 Å². The summed E-state index contributed by atoms with van der Waals surface area (Å²) in [5.41, 5.74) is 7.90. The van der Waals surface area contributed by atoms with Crippen molar-refractivity contribution in [1.29, 1.82) is 0 Å². The van der Waals surface area contributed by atoms with E-state index in [1.54, 1.807) is 56.4 Å². The number of likely N-dealkylation sites (N-methyl/N-ethyl adjacent to an activating group) is 1. The van der Waals surface area contributed by atoms with Crippen molar-refractivity contribution in [2.24, 2.45) is 47.2 Å². The largest absolute Gasteiger partial charge is 0.492 e. The Kier molecular flexibility index (Phi) is 28.1. The Labute approximate surface area is 822 Å². The number of anilines is 7. The Morgan fingerprint density at radius 3 is 1.56 bits per heavy atom. The van der Waals surface area contributed by atoms with Crippen LogP contribution in [0.25, 0.3) is 43.6 Å². The Morgan fingerprint density at radius 1 is 0.524 bits per heavy atom. The summed E-state index contributed by atoms with van der Waals surface area (Å²) in [6.07, 6.45) is 19.7. The van der Waals surface area contributed by atoms with Crippen LogP contribution in [0.2, 0.25) is 5.02 Å². The van der Waals surface area contributed by atoms with Crippen molar-refractivity contribution in [1.82, 2.24) is 38.8 Å². The second-order valence-electron chi connectivity index (χ2n) is 40.6. The maximum absolute atomic E-state index is 15.3. The molecule has 10 aromatic rings. The predicted octanol–water partition coefficient (Wildman–Crippen LogP) is 14.9. The summed E-state index contributed by atoms with van der Waals surface area (Å²) in [7, 11) is 3.62. The molecule has 5 unspecified atom stereocenters. The minimum absolute atomic E-state index is 0.0168. The van der Waals surface area contributed by atoms with Crippen molar-refractivity contribution >= 4 is 142 Å². The zero-order valence-corrected chi connectivity index (χ0v) is 81.7. The molecule has 7 aliphatic heterocycles. The van der Waals surface area contributed by atoms with Crippen LogP contribution in [-0.2, 0) is 14.4 Å². The van der Waals surface area contributed by atoms with E-state index in [1.807, 2.05) is 28.1 Å². The van der Waals surface area contributed by atoms with E-state index in [-0.39, 0.29) is 161 Å². The summed E-state index contributed by atoms with van der Waals surface area (Å²) < 4.78 is 117. The first-order chi connectivity index (χ1) is 68.2. The van der Waals surface area contributed by atoms with Gasteiger partial charge in [0.15, 0.2) is 62.6 Å². The first kappa shape index (κ1) is 100. The Morgan fingerprint density at radius 2 is 1.04 bits per heavy atom. The average Bonchev–Trinajstić information content (AvgIpc) is 1.56. The lowest BCUT2D eigenvalue weighted by Gasteiger charge is -2.35. The van der Waals surface area contributed by atoms with Crippen LogP contribution >= 0.6 is 11.6 Å². The normalized spacial score (nSPS) is 21.9. The van der Waals surface area contributed by atoms with E-state index in [0.717, 1.165) is 160 Å². The molecule has 143 heavy (non-hydrogen) atoms. The fourth-order valence-corrected chi connectivity index (χ4v) is 22.2. The molecule has 12 heterocycles. The van der Waals surface area contributed by atoms with Crippen LogP contribution in [0.1, 0.15) is 214 Å². The number of aromatic carboxylic acids is 1. The minimum Gasteiger partial charge on any atom is -0.492 e. The van der Waals surface area contributed by atoms with Crippen molar-refractivity contribution < 1.29 is 84.0 Å². The number of carboxylic acids is 2. The predicted molar refractivity (Wildman–Crippen MR) is 529 cm³/mol. The molecule has 12 aliphatic rings. The van der Waals surface area contributed by atoms with Gasteiger partial charge in [-0.15, -0.1) is 0 Å². The molecule has 38 heteroatoms. The van der Waals surface area contributed by atoms with E-state index >= 15 is 8.78 Å². The van der Waals surface area contributed by atoms with E-state index in [0.29, 0.717) is 107 Å². The maximum atomic E-state index is 15.3. The number of carbonyl (C=O) groups is 8. The third-order valence-electron chi connectivity index (χ3n) is 30.3. The zero-order chi connectivity index (χ0) is 102. The van der Waals surface area contributed by atoms with Crippen molar-refractivity contribution in [3.63, 3.8) is 0 Å². The molecule has 11 fully saturated rings. The molecule has 756 valence electrons. The Hall–Kier alpha value is -12.9. The van der Waals surface area contributed by atoms with E-state index in [4.69, 9.17) is 22.1 Å². The fraction of sp³-hybridized carbons (Fsp3) is 0.476. The molecule has 2 amide bonds. The molecule has 30 nitrogen and oxygen atoms in total. The number of carbonyl (C=O) groups excluding carboxylic acids is 6. The van der Waals surface area contributed by atoms with Crippen molar-refractivity contribution in [3.05, 3.63) is 200 Å². The number of piperidine rings is 2. The number of methoxy groups -OCH3 is 1. The van der Waals surface area contributed by atoms with Crippen molar-refractivity contribution in [3.8, 4) is 5.75 Å². The third-order valence-corrected chi connectivity index (χ3v) is 30.7. The number of nitrogens with zero attached hydrogens (tertiary/aromatic N) is 12. The summed E-state index contributed by atoms with van der Waals surface area (Å²) in [5, 5.41) is 25.6. The number of ketones is 4. The monoisotopic (exact) mass is 1990 g/mol. The van der Waals surface area contributed by atoms with Gasteiger partial charge >= 0.3 is 11.9 Å². The van der Waals surface area contributed by atoms with Crippen LogP contribution in [0.15, 0.2) is 105 Å². The number of hydrogen-bond acceptors (Lipinski definition) is 23. The summed E-state index contributed by atoms with van der Waals surface area (Å²) in [6.45, 7) is 19.4. The Balaban J connectivity index is 0.000000119. The zero-order valence-electron chi connectivity index (χ0n) is 80.9. The lowest BCUT2D eigenvalue weighted by molar-refractivity contribution is -0.140. The molecule has 6 N–H and O–H groups in total. The van der Waals surface area contributed by atoms with Gasteiger partial charge in [-0.2, -0.15) is 0 Å². The number of benzene rings is 5. The lowest BCUT2D eigenvalue weighted by atomic mass is 9.92. The molecular weight excluding hydrogens is 1880 g/mol. The molecule has 2 bridgehead atoms. The number of aliphatic carboxylic acids is 1. The quantitative estimate of drug-likeness (QED) is 0.0253. The van der Waals surface area contributed by atoms with Crippen molar-refractivity contribution in [2.45, 2.75) is 181 Å². The number of carboxylic acid groups (broad SMARTS) is 2. The molecule has 5 saturated carbocycles. The number of piperazine rings is 2. The summed E-state index contributed by atoms with van der Waals surface area (Å²) in [5.74, 6) is -10.4. The van der Waals surface area contributed by atoms with Crippen LogP contribution in [-0.4, -0.2) is 203 Å². The standard InChI is InChI=1S/C28H29F3N4O5.C22H27FN2O3.C19H20FN3O3.C18H19ClFN3O2.C18H20FN3O2/c1-12(2)26(37)33-27(38)13(3)6-15-17-9-34(10-18(15)17)25-21(31)8-16-23(36)19(28(39)40)11-35(24(16)32-25)22-5-4-14(29)7-20(22)30;1-4-14-6-5-9-24(11-14)20-18(23)10-16-19(22(20)28-3)25(15-7-8-15)12-17(13(2)26)21(16)27;1-21-7-12-4-11(21)8-22(12)17-6-16-13(5-15(17)20)18(24)14(19(25)26)9-23(16)10-2-3-10;1-9(24)13-8-23(11-2-3-11)16-12(18(13)25)6-14(20)17(15(16)19)22-5-4-10(21)7-22;1-11(23)14-10-22(12-2-3-12)16-9-17(21-6-4-20-5-7-21)15(19)8-13(16)18(14)24/h4-5,7-8,12-13,15,17-19H,6,9-11H2,1-3H3,(H,39,40)(H,33,37,38);10,12,14-15H,4-9,11H2,1-3H3;5-6,9-12H,2-4,7-8H2,1H3,(H,25,26);6,8,10-11H,2-5,7,21H2,1H3;8-10,12,20H,2-7H2,1H3/t13?,15?,17-,18+,19?;;11-,12-;;/m..1../s1. The number of pyridine rings is 5. The van der Waals surface area contributed by atoms with Gasteiger partial charge in [0.05, 0.1) is 90.0 Å². The highest BCUT2D eigenvalue weighted by atomic mass is 35.5. The molecule has 5 aromatic carbocycles. The number of rotatable bonds is 21. The smallest absolute Gasteiger partial charge is 0.341 e. The molecule has 9 atom stereocenters. The van der Waals surface area contributed by atoms with Crippen LogP contribution in [0.3, 0.4) is 0 Å². The van der Waals surface area contributed by atoms with Gasteiger partial charge in [-0.05, 0) is 190 Å². The number of nitrogens with two attached hydrogens (primary N) is 1. The van der Waals surface area contributed by atoms with Gasteiger partial charge in [0.25, 0.3) is 0 Å². The van der Waals surface area contributed by atoms with Gasteiger partial charge in [-0.3, -0.25) is 63.0 Å². The summed E-state index contributed by atoms with van der Waals surface area (Å²) >= 11 is 6.59. The molecule has 5 aliphatic carbocycles. The minimum atomic E-state index is -1.58. The third kappa shape index (κ3) is 19.7. The van der Waals surface area contributed by atoms with E-state index in [1.165, 1.54) is 63.2 Å². The summed E-state index contributed by atoms with van der Waals surface area (Å²) in [4.78, 5) is 164.